The molecule has 1 saturated heterocycles. The van der Waals surface area contributed by atoms with Gasteiger partial charge in [-0.2, -0.15) is 0 Å². The molecule has 2 rings (SSSR count). The van der Waals surface area contributed by atoms with Crippen LogP contribution in [0.5, 0.6) is 0 Å². The number of aryl methyl sites for hydroxylation is 1. The quantitative estimate of drug-likeness (QED) is 0.897. The Morgan fingerprint density at radius 2 is 2.21 bits per heavy atom. The highest BCUT2D eigenvalue weighted by Gasteiger charge is 2.33. The second-order valence-corrected chi connectivity index (χ2v) is 5.30. The van der Waals surface area contributed by atoms with E-state index >= 15 is 0 Å². The SMILES string of the molecule is Cc1cc(Br)ccc1C(=O)N1CCOC[C@@H]1C(=O)O. The van der Waals surface area contributed by atoms with Crippen LogP contribution in [0, 0.1) is 6.92 Å². The van der Waals surface area contributed by atoms with Gasteiger partial charge in [-0.05, 0) is 30.7 Å². The molecule has 1 atom stereocenters. The van der Waals surface area contributed by atoms with Crippen LogP contribution in [0.3, 0.4) is 0 Å². The molecule has 19 heavy (non-hydrogen) atoms. The van der Waals surface area contributed by atoms with E-state index in [1.54, 1.807) is 12.1 Å². The molecule has 0 unspecified atom stereocenters. The second-order valence-electron chi connectivity index (χ2n) is 4.39. The van der Waals surface area contributed by atoms with Gasteiger partial charge in [-0.3, -0.25) is 4.79 Å². The van der Waals surface area contributed by atoms with Gasteiger partial charge in [0.05, 0.1) is 13.2 Å². The van der Waals surface area contributed by atoms with Gasteiger partial charge >= 0.3 is 5.97 Å². The molecule has 0 aliphatic carbocycles. The summed E-state index contributed by atoms with van der Waals surface area (Å²) in [7, 11) is 0. The number of nitrogens with zero attached hydrogens (tertiary/aromatic N) is 1. The van der Waals surface area contributed by atoms with Crippen molar-refractivity contribution in [1.82, 2.24) is 4.90 Å². The van der Waals surface area contributed by atoms with Crippen LogP contribution in [0.2, 0.25) is 0 Å². The third kappa shape index (κ3) is 2.96. The van der Waals surface area contributed by atoms with Gasteiger partial charge in [0, 0.05) is 16.6 Å². The molecular formula is C13H14BrNO4. The van der Waals surface area contributed by atoms with Crippen molar-refractivity contribution in [2.75, 3.05) is 19.8 Å². The number of hydrogen-bond donors (Lipinski definition) is 1. The largest absolute Gasteiger partial charge is 0.480 e. The Hall–Kier alpha value is -1.40. The van der Waals surface area contributed by atoms with Crippen molar-refractivity contribution in [2.45, 2.75) is 13.0 Å². The summed E-state index contributed by atoms with van der Waals surface area (Å²) in [6.45, 7) is 2.53. The van der Waals surface area contributed by atoms with Crippen LogP contribution in [0.25, 0.3) is 0 Å². The van der Waals surface area contributed by atoms with Crippen LogP contribution < -0.4 is 0 Å². The number of ether oxygens (including phenoxy) is 1. The Kier molecular flexibility index (Phi) is 4.21. The topological polar surface area (TPSA) is 66.8 Å². The van der Waals surface area contributed by atoms with Gasteiger partial charge in [0.25, 0.3) is 5.91 Å². The number of benzene rings is 1. The molecule has 1 aliphatic rings. The van der Waals surface area contributed by atoms with E-state index in [0.29, 0.717) is 18.7 Å². The smallest absolute Gasteiger partial charge is 0.328 e. The number of morpholine rings is 1. The van der Waals surface area contributed by atoms with Gasteiger partial charge in [-0.25, -0.2) is 4.79 Å². The first-order valence-electron chi connectivity index (χ1n) is 5.88. The number of carboxylic acid groups (broad SMARTS) is 1. The zero-order chi connectivity index (χ0) is 14.0. The maximum atomic E-state index is 12.4. The lowest BCUT2D eigenvalue weighted by molar-refractivity contribution is -0.147. The van der Waals surface area contributed by atoms with Crippen LogP contribution in [0.4, 0.5) is 0 Å². The number of carbonyl (C=O) groups excluding carboxylic acids is 1. The molecule has 1 fully saturated rings. The van der Waals surface area contributed by atoms with Crippen LogP contribution in [0.15, 0.2) is 22.7 Å². The Morgan fingerprint density at radius 3 is 2.84 bits per heavy atom. The Labute approximate surface area is 119 Å². The van der Waals surface area contributed by atoms with E-state index < -0.39 is 12.0 Å². The van der Waals surface area contributed by atoms with Crippen LogP contribution in [-0.2, 0) is 9.53 Å². The van der Waals surface area contributed by atoms with E-state index in [1.807, 2.05) is 13.0 Å². The number of rotatable bonds is 2. The number of halogens is 1. The van der Waals surface area contributed by atoms with Crippen LogP contribution in [0.1, 0.15) is 15.9 Å². The number of carboxylic acids is 1. The normalized spacial score (nSPS) is 19.3. The van der Waals surface area contributed by atoms with E-state index in [9.17, 15) is 9.59 Å². The fourth-order valence-corrected chi connectivity index (χ4v) is 2.55. The maximum Gasteiger partial charge on any atom is 0.328 e. The molecule has 1 amide bonds. The fraction of sp³-hybridized carbons (Fsp3) is 0.385. The maximum absolute atomic E-state index is 12.4. The first-order valence-corrected chi connectivity index (χ1v) is 6.67. The summed E-state index contributed by atoms with van der Waals surface area (Å²) in [5.41, 5.74) is 1.34. The summed E-state index contributed by atoms with van der Waals surface area (Å²) >= 11 is 3.34. The Balaban J connectivity index is 2.28. The highest BCUT2D eigenvalue weighted by atomic mass is 79.9. The molecule has 0 radical (unpaired) electrons. The summed E-state index contributed by atoms with van der Waals surface area (Å²) in [6, 6.07) is 4.40. The van der Waals surface area contributed by atoms with Crippen molar-refractivity contribution in [3.8, 4) is 0 Å². The predicted octanol–water partition coefficient (Wildman–Crippen LogP) is 1.68. The summed E-state index contributed by atoms with van der Waals surface area (Å²) in [5, 5.41) is 9.14. The van der Waals surface area contributed by atoms with E-state index in [-0.39, 0.29) is 12.5 Å². The monoisotopic (exact) mass is 327 g/mol. The van der Waals surface area contributed by atoms with Crippen molar-refractivity contribution < 1.29 is 19.4 Å². The highest BCUT2D eigenvalue weighted by Crippen LogP contribution is 2.19. The van der Waals surface area contributed by atoms with E-state index in [0.717, 1.165) is 10.0 Å². The Morgan fingerprint density at radius 1 is 1.47 bits per heavy atom. The molecule has 102 valence electrons. The van der Waals surface area contributed by atoms with Crippen LogP contribution in [-0.4, -0.2) is 47.7 Å². The lowest BCUT2D eigenvalue weighted by Crippen LogP contribution is -2.52. The van der Waals surface area contributed by atoms with Crippen molar-refractivity contribution in [3.63, 3.8) is 0 Å². The van der Waals surface area contributed by atoms with Crippen molar-refractivity contribution >= 4 is 27.8 Å². The minimum atomic E-state index is -1.04. The van der Waals surface area contributed by atoms with Gasteiger partial charge in [-0.15, -0.1) is 0 Å². The zero-order valence-corrected chi connectivity index (χ0v) is 12.0. The number of carbonyl (C=O) groups is 2. The van der Waals surface area contributed by atoms with Crippen LogP contribution >= 0.6 is 15.9 Å². The molecule has 5 nitrogen and oxygen atoms in total. The molecule has 1 aromatic carbocycles. The molecule has 0 bridgehead atoms. The lowest BCUT2D eigenvalue weighted by atomic mass is 10.1. The molecule has 0 spiro atoms. The lowest BCUT2D eigenvalue weighted by Gasteiger charge is -2.33. The summed E-state index contributed by atoms with van der Waals surface area (Å²) in [5.74, 6) is -1.30. The van der Waals surface area contributed by atoms with Crippen molar-refractivity contribution in [1.29, 1.82) is 0 Å². The van der Waals surface area contributed by atoms with E-state index in [2.05, 4.69) is 15.9 Å². The molecule has 1 N–H and O–H groups in total. The summed E-state index contributed by atoms with van der Waals surface area (Å²) in [4.78, 5) is 25.0. The number of aliphatic carboxylic acids is 1. The highest BCUT2D eigenvalue weighted by molar-refractivity contribution is 9.10. The third-order valence-corrected chi connectivity index (χ3v) is 3.59. The van der Waals surface area contributed by atoms with E-state index in [4.69, 9.17) is 9.84 Å². The van der Waals surface area contributed by atoms with E-state index in [1.165, 1.54) is 4.90 Å². The van der Waals surface area contributed by atoms with Gasteiger partial charge in [-0.1, -0.05) is 15.9 Å². The first-order chi connectivity index (χ1) is 9.00. The molecular weight excluding hydrogens is 314 g/mol. The average Bonchev–Trinajstić information content (AvgIpc) is 2.38. The number of amides is 1. The first kappa shape index (κ1) is 14.0. The molecule has 0 aromatic heterocycles. The molecule has 1 heterocycles. The number of hydrogen-bond acceptors (Lipinski definition) is 3. The predicted molar refractivity (Wildman–Crippen MR) is 72.2 cm³/mol. The molecule has 1 aliphatic heterocycles. The molecule has 6 heteroatoms. The summed E-state index contributed by atoms with van der Waals surface area (Å²) in [6.07, 6.45) is 0. The molecule has 0 saturated carbocycles. The summed E-state index contributed by atoms with van der Waals surface area (Å²) < 4.78 is 6.01. The second kappa shape index (κ2) is 5.71. The zero-order valence-electron chi connectivity index (χ0n) is 10.4. The minimum absolute atomic E-state index is 0.0383. The minimum Gasteiger partial charge on any atom is -0.480 e. The molecule has 1 aromatic rings. The Bertz CT molecular complexity index is 517. The van der Waals surface area contributed by atoms with Gasteiger partial charge < -0.3 is 14.7 Å². The van der Waals surface area contributed by atoms with Gasteiger partial charge in [0.15, 0.2) is 6.04 Å². The standard InChI is InChI=1S/C13H14BrNO4/c1-8-6-9(14)2-3-10(8)12(16)15-4-5-19-7-11(15)13(17)18/h2-3,6,11H,4-5,7H2,1H3,(H,17,18)/t11-/m1/s1. The van der Waals surface area contributed by atoms with Gasteiger partial charge in [0.1, 0.15) is 0 Å². The third-order valence-electron chi connectivity index (χ3n) is 3.09. The van der Waals surface area contributed by atoms with Crippen molar-refractivity contribution in [3.05, 3.63) is 33.8 Å². The average molecular weight is 328 g/mol. The van der Waals surface area contributed by atoms with Gasteiger partial charge in [0.2, 0.25) is 0 Å². The fourth-order valence-electron chi connectivity index (χ4n) is 2.07. The van der Waals surface area contributed by atoms with Crippen molar-refractivity contribution in [2.24, 2.45) is 0 Å².